The Morgan fingerprint density at radius 2 is 1.46 bits per heavy atom. The summed E-state index contributed by atoms with van der Waals surface area (Å²) < 4.78 is 5.58. The van der Waals surface area contributed by atoms with E-state index in [0.29, 0.717) is 12.8 Å². The zero-order chi connectivity index (χ0) is 24.8. The minimum atomic E-state index is -0.747. The van der Waals surface area contributed by atoms with Gasteiger partial charge in [-0.25, -0.2) is 4.79 Å². The van der Waals surface area contributed by atoms with Crippen LogP contribution in [0.5, 0.6) is 0 Å². The molecule has 35 heavy (non-hydrogen) atoms. The molecule has 3 aromatic rings. The molecule has 1 unspecified atom stereocenters. The number of ether oxygens (including phenoxy) is 1. The van der Waals surface area contributed by atoms with Gasteiger partial charge >= 0.3 is 6.09 Å². The third-order valence-corrected chi connectivity index (χ3v) is 6.61. The van der Waals surface area contributed by atoms with Crippen LogP contribution in [0.25, 0.3) is 11.1 Å². The first kappa shape index (κ1) is 24.2. The Kier molecular flexibility index (Phi) is 7.60. The van der Waals surface area contributed by atoms with Gasteiger partial charge in [-0.05, 0) is 40.7 Å². The van der Waals surface area contributed by atoms with E-state index in [1.165, 1.54) is 0 Å². The second-order valence-corrected chi connectivity index (χ2v) is 8.89. The number of carbonyl (C=O) groups excluding carboxylic acids is 3. The summed E-state index contributed by atoms with van der Waals surface area (Å²) in [6.07, 6.45) is 0.0842. The SMILES string of the molecule is CC[C@H](NC(=O)OCC1c2ccccc2-c2ccccc21)C(=O)CC(Cc1ccccc1)C(N)=O. The maximum atomic E-state index is 12.9. The van der Waals surface area contributed by atoms with Gasteiger partial charge in [0.15, 0.2) is 5.78 Å². The van der Waals surface area contributed by atoms with Crippen molar-refractivity contribution in [2.75, 3.05) is 6.61 Å². The minimum Gasteiger partial charge on any atom is -0.449 e. The Morgan fingerprint density at radius 3 is 2.03 bits per heavy atom. The van der Waals surface area contributed by atoms with Crippen LogP contribution in [0.2, 0.25) is 0 Å². The zero-order valence-corrected chi connectivity index (χ0v) is 19.8. The fraction of sp³-hybridized carbons (Fsp3) is 0.276. The van der Waals surface area contributed by atoms with Gasteiger partial charge in [0.25, 0.3) is 0 Å². The van der Waals surface area contributed by atoms with E-state index in [1.54, 1.807) is 0 Å². The molecule has 0 fully saturated rings. The highest BCUT2D eigenvalue weighted by molar-refractivity contribution is 5.91. The van der Waals surface area contributed by atoms with Gasteiger partial charge < -0.3 is 15.8 Å². The van der Waals surface area contributed by atoms with Crippen LogP contribution in [0.1, 0.15) is 42.4 Å². The number of carbonyl (C=O) groups is 3. The molecule has 2 amide bonds. The molecule has 2 atom stereocenters. The van der Waals surface area contributed by atoms with E-state index in [0.717, 1.165) is 27.8 Å². The molecule has 0 radical (unpaired) electrons. The van der Waals surface area contributed by atoms with E-state index in [1.807, 2.05) is 61.5 Å². The summed E-state index contributed by atoms with van der Waals surface area (Å²) in [7, 11) is 0. The summed E-state index contributed by atoms with van der Waals surface area (Å²) in [6, 6.07) is 24.9. The monoisotopic (exact) mass is 470 g/mol. The molecule has 0 aliphatic heterocycles. The van der Waals surface area contributed by atoms with Gasteiger partial charge in [-0.3, -0.25) is 9.59 Å². The number of benzene rings is 3. The van der Waals surface area contributed by atoms with Crippen molar-refractivity contribution in [1.82, 2.24) is 5.32 Å². The second kappa shape index (κ2) is 11.0. The quantitative estimate of drug-likeness (QED) is 0.452. The highest BCUT2D eigenvalue weighted by Gasteiger charge is 2.30. The van der Waals surface area contributed by atoms with Crippen LogP contribution in [0, 0.1) is 5.92 Å². The van der Waals surface area contributed by atoms with Gasteiger partial charge in [0.05, 0.1) is 6.04 Å². The number of ketones is 1. The third kappa shape index (κ3) is 5.60. The summed E-state index contributed by atoms with van der Waals surface area (Å²) in [5.74, 6) is -1.46. The van der Waals surface area contributed by atoms with Gasteiger partial charge in [-0.1, -0.05) is 85.8 Å². The van der Waals surface area contributed by atoms with E-state index in [-0.39, 0.29) is 24.7 Å². The lowest BCUT2D eigenvalue weighted by Crippen LogP contribution is -2.42. The molecule has 1 aliphatic rings. The number of hydrogen-bond acceptors (Lipinski definition) is 4. The molecule has 4 rings (SSSR count). The average Bonchev–Trinajstić information content (AvgIpc) is 3.19. The molecule has 0 spiro atoms. The van der Waals surface area contributed by atoms with Gasteiger partial charge in [0.2, 0.25) is 5.91 Å². The summed E-state index contributed by atoms with van der Waals surface area (Å²) in [4.78, 5) is 37.5. The van der Waals surface area contributed by atoms with Crippen molar-refractivity contribution in [2.24, 2.45) is 11.7 Å². The maximum absolute atomic E-state index is 12.9. The van der Waals surface area contributed by atoms with Crippen molar-refractivity contribution in [1.29, 1.82) is 0 Å². The largest absolute Gasteiger partial charge is 0.449 e. The highest BCUT2D eigenvalue weighted by Crippen LogP contribution is 2.44. The molecule has 0 aromatic heterocycles. The molecule has 6 heteroatoms. The van der Waals surface area contributed by atoms with E-state index < -0.39 is 24.0 Å². The van der Waals surface area contributed by atoms with Crippen molar-refractivity contribution in [3.63, 3.8) is 0 Å². The fourth-order valence-corrected chi connectivity index (χ4v) is 4.75. The number of nitrogens with one attached hydrogen (secondary N) is 1. The molecule has 3 aromatic carbocycles. The number of fused-ring (bicyclic) bond motifs is 3. The summed E-state index contributed by atoms with van der Waals surface area (Å²) >= 11 is 0. The number of nitrogens with two attached hydrogens (primary N) is 1. The number of hydrogen-bond donors (Lipinski definition) is 2. The second-order valence-electron chi connectivity index (χ2n) is 8.89. The molecule has 0 saturated carbocycles. The summed E-state index contributed by atoms with van der Waals surface area (Å²) in [5, 5.41) is 2.68. The Labute approximate surface area is 205 Å². The molecule has 1 aliphatic carbocycles. The molecule has 180 valence electrons. The minimum absolute atomic E-state index is 0.0353. The Bertz CT molecular complexity index is 1160. The molecule has 0 saturated heterocycles. The smallest absolute Gasteiger partial charge is 0.407 e. The molecule has 0 heterocycles. The standard InChI is InChI=1S/C29H30N2O4/c1-2-26(27(32)17-20(28(30)33)16-19-10-4-3-5-11-19)31-29(34)35-18-25-23-14-8-6-12-21(23)22-13-7-9-15-24(22)25/h3-15,20,25-26H,2,16-18H2,1H3,(H2,30,33)(H,31,34)/t20?,26-/m0/s1. The van der Waals surface area contributed by atoms with Crippen LogP contribution < -0.4 is 11.1 Å². The molecular weight excluding hydrogens is 440 g/mol. The van der Waals surface area contributed by atoms with Crippen LogP contribution in [0.15, 0.2) is 78.9 Å². The van der Waals surface area contributed by atoms with Crippen molar-refractivity contribution in [2.45, 2.75) is 38.1 Å². The van der Waals surface area contributed by atoms with E-state index in [4.69, 9.17) is 10.5 Å². The first-order valence-corrected chi connectivity index (χ1v) is 11.9. The Morgan fingerprint density at radius 1 is 0.886 bits per heavy atom. The first-order chi connectivity index (χ1) is 17.0. The van der Waals surface area contributed by atoms with E-state index in [9.17, 15) is 14.4 Å². The maximum Gasteiger partial charge on any atom is 0.407 e. The number of rotatable bonds is 10. The molecule has 0 bridgehead atoms. The van der Waals surface area contributed by atoms with Gasteiger partial charge in [-0.15, -0.1) is 0 Å². The van der Waals surface area contributed by atoms with Crippen molar-refractivity contribution in [3.05, 3.63) is 95.6 Å². The molecular formula is C29H30N2O4. The van der Waals surface area contributed by atoms with Crippen LogP contribution in [0.4, 0.5) is 4.79 Å². The Hall–Kier alpha value is -3.93. The lowest BCUT2D eigenvalue weighted by Gasteiger charge is -2.20. The van der Waals surface area contributed by atoms with Crippen LogP contribution >= 0.6 is 0 Å². The average molecular weight is 471 g/mol. The topological polar surface area (TPSA) is 98.5 Å². The van der Waals surface area contributed by atoms with Crippen molar-refractivity contribution >= 4 is 17.8 Å². The zero-order valence-electron chi connectivity index (χ0n) is 19.8. The van der Waals surface area contributed by atoms with Crippen LogP contribution in [-0.2, 0) is 20.7 Å². The van der Waals surface area contributed by atoms with Crippen molar-refractivity contribution < 1.29 is 19.1 Å². The van der Waals surface area contributed by atoms with Gasteiger partial charge in [0, 0.05) is 18.3 Å². The van der Waals surface area contributed by atoms with Gasteiger partial charge in [-0.2, -0.15) is 0 Å². The number of alkyl carbamates (subject to hydrolysis) is 1. The molecule has 3 N–H and O–H groups in total. The van der Waals surface area contributed by atoms with E-state index >= 15 is 0 Å². The van der Waals surface area contributed by atoms with Gasteiger partial charge in [0.1, 0.15) is 6.61 Å². The normalized spacial score (nSPS) is 13.9. The number of amides is 2. The predicted molar refractivity (Wildman–Crippen MR) is 135 cm³/mol. The van der Waals surface area contributed by atoms with E-state index in [2.05, 4.69) is 29.6 Å². The number of Topliss-reactive ketones (excluding diaryl/α,β-unsaturated/α-hetero) is 1. The molecule has 6 nitrogen and oxygen atoms in total. The summed E-state index contributed by atoms with van der Waals surface area (Å²) in [6.45, 7) is 1.98. The first-order valence-electron chi connectivity index (χ1n) is 11.9. The Balaban J connectivity index is 1.36. The number of primary amides is 1. The van der Waals surface area contributed by atoms with Crippen molar-refractivity contribution in [3.8, 4) is 11.1 Å². The predicted octanol–water partition coefficient (Wildman–Crippen LogP) is 4.61. The fourth-order valence-electron chi connectivity index (χ4n) is 4.75. The summed E-state index contributed by atoms with van der Waals surface area (Å²) in [5.41, 5.74) is 11.0. The highest BCUT2D eigenvalue weighted by atomic mass is 16.5. The van der Waals surface area contributed by atoms with Crippen LogP contribution in [0.3, 0.4) is 0 Å². The third-order valence-electron chi connectivity index (χ3n) is 6.61. The lowest BCUT2D eigenvalue weighted by molar-refractivity contribution is -0.128. The van der Waals surface area contributed by atoms with Crippen LogP contribution in [-0.4, -0.2) is 30.4 Å². The lowest BCUT2D eigenvalue weighted by atomic mass is 9.91.